The number of nitrogens with zero attached hydrogens (tertiary/aromatic N) is 2. The number of hydrogen-bond acceptors (Lipinski definition) is 5. The molecule has 0 aliphatic carbocycles. The van der Waals surface area contributed by atoms with E-state index in [1.807, 2.05) is 68.6 Å². The Morgan fingerprint density at radius 1 is 1.12 bits per heavy atom. The molecule has 3 aromatic rings. The molecule has 0 saturated carbocycles. The molecule has 4 nitrogen and oxygen atoms in total. The third-order valence-electron chi connectivity index (χ3n) is 5.08. The molecule has 0 aliphatic heterocycles. The van der Waals surface area contributed by atoms with Crippen molar-refractivity contribution in [3.05, 3.63) is 78.7 Å². The van der Waals surface area contributed by atoms with Crippen molar-refractivity contribution in [2.45, 2.75) is 39.5 Å². The number of Topliss-reactive ketones (excluding diaryl/α,β-unsaturated/α-hetero) is 1. The van der Waals surface area contributed by atoms with Crippen LogP contribution < -0.4 is 14.8 Å². The van der Waals surface area contributed by atoms with E-state index >= 15 is 0 Å². The van der Waals surface area contributed by atoms with Gasteiger partial charge in [0.05, 0.1) is 10.2 Å². The molecular weight excluding hydrogens is 436 g/mol. The van der Waals surface area contributed by atoms with Crippen LogP contribution in [-0.4, -0.2) is 16.6 Å². The second-order valence-corrected chi connectivity index (χ2v) is 10.6. The summed E-state index contributed by atoms with van der Waals surface area (Å²) in [5, 5.41) is 9.93. The van der Waals surface area contributed by atoms with Crippen LogP contribution in [0.1, 0.15) is 37.5 Å². The van der Waals surface area contributed by atoms with Gasteiger partial charge in [0.1, 0.15) is 16.3 Å². The summed E-state index contributed by atoms with van der Waals surface area (Å²) in [5.74, 6) is -0.281. The van der Waals surface area contributed by atoms with Gasteiger partial charge in [0.15, 0.2) is 5.78 Å². The molecule has 1 aromatic heterocycles. The van der Waals surface area contributed by atoms with Gasteiger partial charge in [0.25, 0.3) is 5.56 Å². The molecule has 164 valence electrons. The number of ketones is 1. The van der Waals surface area contributed by atoms with E-state index in [4.69, 9.17) is 0 Å². The number of thioether (sulfide) groups is 1. The molecule has 1 heterocycles. The Balaban J connectivity index is 2.44. The Kier molecular flexibility index (Phi) is 6.92. The number of aromatic nitrogens is 1. The first-order chi connectivity index (χ1) is 15.1. The van der Waals surface area contributed by atoms with E-state index in [2.05, 4.69) is 6.07 Å². The zero-order chi connectivity index (χ0) is 23.6. The fourth-order valence-electron chi connectivity index (χ4n) is 3.25. The van der Waals surface area contributed by atoms with Crippen LogP contribution in [-0.2, 0) is 4.79 Å². The number of thiazole rings is 1. The van der Waals surface area contributed by atoms with Crippen LogP contribution in [0.5, 0.6) is 0 Å². The lowest BCUT2D eigenvalue weighted by atomic mass is 9.87. The highest BCUT2D eigenvalue weighted by atomic mass is 32.2. The number of carbonyl (C=O) groups is 1. The maximum absolute atomic E-state index is 13.6. The van der Waals surface area contributed by atoms with E-state index < -0.39 is 5.41 Å². The van der Waals surface area contributed by atoms with Crippen molar-refractivity contribution in [1.82, 2.24) is 4.57 Å². The Bertz CT molecular complexity index is 1400. The first-order valence-electron chi connectivity index (χ1n) is 10.2. The maximum Gasteiger partial charge on any atom is 0.273 e. The molecule has 0 bridgehead atoms. The van der Waals surface area contributed by atoms with Gasteiger partial charge in [-0.2, -0.15) is 5.26 Å². The topological polar surface area (TPSA) is 62.9 Å². The van der Waals surface area contributed by atoms with E-state index in [0.717, 1.165) is 21.6 Å². The van der Waals surface area contributed by atoms with Crippen LogP contribution in [0.25, 0.3) is 17.3 Å². The molecule has 6 heteroatoms. The van der Waals surface area contributed by atoms with E-state index in [1.54, 1.807) is 32.5 Å². The molecule has 0 amide bonds. The molecule has 0 N–H and O–H groups in total. The molecule has 0 aliphatic rings. The minimum Gasteiger partial charge on any atom is -0.293 e. The van der Waals surface area contributed by atoms with Crippen LogP contribution in [0.4, 0.5) is 0 Å². The van der Waals surface area contributed by atoms with Crippen LogP contribution in [0.3, 0.4) is 0 Å². The lowest BCUT2D eigenvalue weighted by molar-refractivity contribution is -0.120. The molecule has 0 fully saturated rings. The Morgan fingerprint density at radius 2 is 1.78 bits per heavy atom. The second-order valence-electron chi connectivity index (χ2n) is 8.69. The molecule has 0 saturated heterocycles. The smallest absolute Gasteiger partial charge is 0.273 e. The van der Waals surface area contributed by atoms with Crippen molar-refractivity contribution in [3.63, 3.8) is 0 Å². The van der Waals surface area contributed by atoms with E-state index in [1.165, 1.54) is 15.9 Å². The second kappa shape index (κ2) is 9.32. The summed E-state index contributed by atoms with van der Waals surface area (Å²) in [5.41, 5.74) is 2.51. The summed E-state index contributed by atoms with van der Waals surface area (Å²) in [4.78, 5) is 27.8. The first-order valence-corrected chi connectivity index (χ1v) is 12.3. The van der Waals surface area contributed by atoms with Crippen molar-refractivity contribution in [2.75, 3.05) is 6.26 Å². The predicted molar refractivity (Wildman–Crippen MR) is 134 cm³/mol. The number of hydrogen-bond donors (Lipinski definition) is 0. The monoisotopic (exact) mass is 462 g/mol. The first kappa shape index (κ1) is 23.8. The molecule has 32 heavy (non-hydrogen) atoms. The summed E-state index contributed by atoms with van der Waals surface area (Å²) in [6, 6.07) is 15.9. The highest BCUT2D eigenvalue weighted by Gasteiger charge is 2.27. The highest BCUT2D eigenvalue weighted by molar-refractivity contribution is 7.98. The minimum absolute atomic E-state index is 0.0119. The van der Waals surface area contributed by atoms with Gasteiger partial charge in [0.2, 0.25) is 0 Å². The van der Waals surface area contributed by atoms with Crippen molar-refractivity contribution >= 4 is 40.5 Å². The Morgan fingerprint density at radius 3 is 2.34 bits per heavy atom. The summed E-state index contributed by atoms with van der Waals surface area (Å²) < 4.78 is 2.38. The van der Waals surface area contributed by atoms with Crippen molar-refractivity contribution in [2.24, 2.45) is 5.41 Å². The summed E-state index contributed by atoms with van der Waals surface area (Å²) >= 11 is 2.84. The molecule has 0 unspecified atom stereocenters. The normalized spacial score (nSPS) is 13.1. The zero-order valence-corrected chi connectivity index (χ0v) is 20.8. The van der Waals surface area contributed by atoms with Gasteiger partial charge >= 0.3 is 0 Å². The van der Waals surface area contributed by atoms with E-state index in [9.17, 15) is 14.9 Å². The summed E-state index contributed by atoms with van der Waals surface area (Å²) in [6.45, 7) is 9.21. The van der Waals surface area contributed by atoms with Gasteiger partial charge in [0, 0.05) is 10.3 Å². The average Bonchev–Trinajstić information content (AvgIpc) is 3.06. The van der Waals surface area contributed by atoms with Crippen LogP contribution in [0.15, 0.2) is 52.2 Å². The SMILES string of the molecule is CSc1ccc(C=c2sc(=C(C#N)C(=O)C(C)(C)C)n(-c3cc(C)ccc3C)c2=O)cc1. The standard InChI is InChI=1S/C26H26N2O2S2/c1-16-7-8-17(2)21(13-16)28-24(30)22(14-18-9-11-19(31-6)12-10-18)32-25(28)20(15-27)23(29)26(3,4)5/h7-14H,1-6H3. The van der Waals surface area contributed by atoms with Gasteiger partial charge in [-0.3, -0.25) is 14.2 Å². The Hall–Kier alpha value is -2.88. The fourth-order valence-corrected chi connectivity index (χ4v) is 4.75. The molecule has 3 rings (SSSR count). The third kappa shape index (κ3) is 4.79. The summed E-state index contributed by atoms with van der Waals surface area (Å²) in [6.07, 6.45) is 3.83. The van der Waals surface area contributed by atoms with Crippen molar-refractivity contribution in [3.8, 4) is 11.8 Å². The summed E-state index contributed by atoms with van der Waals surface area (Å²) in [7, 11) is 0. The number of rotatable bonds is 4. The number of carbonyl (C=O) groups excluding carboxylic acids is 1. The lowest BCUT2D eigenvalue weighted by Gasteiger charge is -2.15. The van der Waals surface area contributed by atoms with Gasteiger partial charge in [-0.1, -0.05) is 45.0 Å². The quantitative estimate of drug-likeness (QED) is 0.541. The number of aryl methyl sites for hydroxylation is 2. The highest BCUT2D eigenvalue weighted by Crippen LogP contribution is 2.21. The Labute approximate surface area is 196 Å². The van der Waals surface area contributed by atoms with Crippen LogP contribution in [0, 0.1) is 30.6 Å². The lowest BCUT2D eigenvalue weighted by Crippen LogP contribution is -2.33. The molecule has 2 aromatic carbocycles. The van der Waals surface area contributed by atoms with Gasteiger partial charge in [-0.15, -0.1) is 23.1 Å². The van der Waals surface area contributed by atoms with Crippen LogP contribution >= 0.6 is 23.1 Å². The largest absolute Gasteiger partial charge is 0.293 e. The fraction of sp³-hybridized carbons (Fsp3) is 0.269. The molecular formula is C26H26N2O2S2. The number of nitriles is 1. The molecule has 0 spiro atoms. The zero-order valence-electron chi connectivity index (χ0n) is 19.1. The van der Waals surface area contributed by atoms with E-state index in [-0.39, 0.29) is 16.9 Å². The average molecular weight is 463 g/mol. The van der Waals surface area contributed by atoms with Crippen molar-refractivity contribution in [1.29, 1.82) is 5.26 Å². The van der Waals surface area contributed by atoms with Crippen molar-refractivity contribution < 1.29 is 4.79 Å². The predicted octanol–water partition coefficient (Wildman–Crippen LogP) is 4.36. The third-order valence-corrected chi connectivity index (χ3v) is 6.91. The van der Waals surface area contributed by atoms with E-state index in [0.29, 0.717) is 14.9 Å². The maximum atomic E-state index is 13.6. The van der Waals surface area contributed by atoms with Gasteiger partial charge in [-0.05, 0) is 61.1 Å². The number of benzene rings is 2. The van der Waals surface area contributed by atoms with Gasteiger partial charge < -0.3 is 0 Å². The minimum atomic E-state index is -0.741. The molecule has 0 atom stereocenters. The molecule has 0 radical (unpaired) electrons. The van der Waals surface area contributed by atoms with Crippen LogP contribution in [0.2, 0.25) is 0 Å². The van der Waals surface area contributed by atoms with Gasteiger partial charge in [-0.25, -0.2) is 0 Å².